The molecule has 0 bridgehead atoms. The SMILES string of the molecule is Cc1ccc(-n2cccc2)c([N+](=O)[O-])c1. The zero-order chi connectivity index (χ0) is 10.8. The molecule has 4 nitrogen and oxygen atoms in total. The van der Waals surface area contributed by atoms with Crippen LogP contribution in [0.15, 0.2) is 42.7 Å². The Bertz CT molecular complexity index is 489. The fourth-order valence-electron chi connectivity index (χ4n) is 1.49. The molecule has 0 saturated heterocycles. The number of rotatable bonds is 2. The molecular weight excluding hydrogens is 192 g/mol. The molecule has 0 aliphatic heterocycles. The lowest BCUT2D eigenvalue weighted by molar-refractivity contribution is -0.384. The van der Waals surface area contributed by atoms with E-state index in [1.807, 2.05) is 25.1 Å². The van der Waals surface area contributed by atoms with E-state index < -0.39 is 0 Å². The number of hydrogen-bond donors (Lipinski definition) is 0. The largest absolute Gasteiger partial charge is 0.318 e. The van der Waals surface area contributed by atoms with E-state index in [1.165, 1.54) is 0 Å². The van der Waals surface area contributed by atoms with E-state index in [0.717, 1.165) is 5.56 Å². The maximum absolute atomic E-state index is 10.9. The molecular formula is C11H10N2O2. The molecule has 0 radical (unpaired) electrons. The molecule has 4 heteroatoms. The van der Waals surface area contributed by atoms with Crippen LogP contribution >= 0.6 is 0 Å². The Balaban J connectivity index is 2.61. The van der Waals surface area contributed by atoms with Gasteiger partial charge in [-0.25, -0.2) is 0 Å². The number of hydrogen-bond acceptors (Lipinski definition) is 2. The third-order valence-corrected chi connectivity index (χ3v) is 2.21. The Morgan fingerprint density at radius 3 is 2.53 bits per heavy atom. The Hall–Kier alpha value is -2.10. The summed E-state index contributed by atoms with van der Waals surface area (Å²) in [5.74, 6) is 0. The molecule has 0 aliphatic carbocycles. The van der Waals surface area contributed by atoms with Crippen LogP contribution in [0.1, 0.15) is 5.56 Å². The molecule has 0 unspecified atom stereocenters. The minimum absolute atomic E-state index is 0.131. The van der Waals surface area contributed by atoms with Gasteiger partial charge in [-0.15, -0.1) is 0 Å². The van der Waals surface area contributed by atoms with Crippen LogP contribution in [0.25, 0.3) is 5.69 Å². The van der Waals surface area contributed by atoms with E-state index in [-0.39, 0.29) is 10.6 Å². The first kappa shape index (κ1) is 9.45. The van der Waals surface area contributed by atoms with Crippen LogP contribution in [-0.2, 0) is 0 Å². The molecule has 0 aliphatic rings. The van der Waals surface area contributed by atoms with Crippen molar-refractivity contribution in [1.82, 2.24) is 4.57 Å². The first-order valence-corrected chi connectivity index (χ1v) is 4.57. The zero-order valence-electron chi connectivity index (χ0n) is 8.25. The summed E-state index contributed by atoms with van der Waals surface area (Å²) in [7, 11) is 0. The second-order valence-corrected chi connectivity index (χ2v) is 3.34. The summed E-state index contributed by atoms with van der Waals surface area (Å²) < 4.78 is 1.73. The smallest absolute Gasteiger partial charge is 0.293 e. The fourth-order valence-corrected chi connectivity index (χ4v) is 1.49. The molecule has 2 aromatic rings. The highest BCUT2D eigenvalue weighted by Crippen LogP contribution is 2.23. The Kier molecular flexibility index (Phi) is 2.25. The van der Waals surface area contributed by atoms with E-state index >= 15 is 0 Å². The van der Waals surface area contributed by atoms with Crippen LogP contribution in [-0.4, -0.2) is 9.49 Å². The van der Waals surface area contributed by atoms with E-state index in [2.05, 4.69) is 0 Å². The number of aryl methyl sites for hydroxylation is 1. The van der Waals surface area contributed by atoms with Crippen molar-refractivity contribution < 1.29 is 4.92 Å². The topological polar surface area (TPSA) is 48.1 Å². The number of nitrogens with zero attached hydrogens (tertiary/aromatic N) is 2. The van der Waals surface area contributed by atoms with Crippen molar-refractivity contribution in [2.24, 2.45) is 0 Å². The van der Waals surface area contributed by atoms with Gasteiger partial charge in [0.1, 0.15) is 5.69 Å². The molecule has 1 heterocycles. The third-order valence-electron chi connectivity index (χ3n) is 2.21. The highest BCUT2D eigenvalue weighted by atomic mass is 16.6. The van der Waals surface area contributed by atoms with Gasteiger partial charge in [0.05, 0.1) is 4.92 Å². The molecule has 15 heavy (non-hydrogen) atoms. The lowest BCUT2D eigenvalue weighted by Crippen LogP contribution is -1.98. The lowest BCUT2D eigenvalue weighted by atomic mass is 10.2. The van der Waals surface area contributed by atoms with Gasteiger partial charge in [-0.3, -0.25) is 10.1 Å². The molecule has 0 spiro atoms. The summed E-state index contributed by atoms with van der Waals surface area (Å²) in [6.45, 7) is 1.84. The van der Waals surface area contributed by atoms with Gasteiger partial charge in [0.2, 0.25) is 0 Å². The summed E-state index contributed by atoms with van der Waals surface area (Å²) in [5.41, 5.74) is 1.61. The van der Waals surface area contributed by atoms with Crippen molar-refractivity contribution >= 4 is 5.69 Å². The molecule has 0 atom stereocenters. The average molecular weight is 202 g/mol. The van der Waals surface area contributed by atoms with Gasteiger partial charge in [0.25, 0.3) is 5.69 Å². The number of nitro benzene ring substituents is 1. The van der Waals surface area contributed by atoms with Gasteiger partial charge in [0, 0.05) is 18.5 Å². The molecule has 0 N–H and O–H groups in total. The van der Waals surface area contributed by atoms with Crippen LogP contribution in [0, 0.1) is 17.0 Å². The molecule has 1 aromatic carbocycles. The Labute approximate surface area is 86.9 Å². The van der Waals surface area contributed by atoms with E-state index in [1.54, 1.807) is 29.1 Å². The fraction of sp³-hybridized carbons (Fsp3) is 0.0909. The quantitative estimate of drug-likeness (QED) is 0.555. The second kappa shape index (κ2) is 3.57. The van der Waals surface area contributed by atoms with E-state index in [4.69, 9.17) is 0 Å². The monoisotopic (exact) mass is 202 g/mol. The molecule has 2 rings (SSSR count). The zero-order valence-corrected chi connectivity index (χ0v) is 8.25. The number of benzene rings is 1. The molecule has 1 aromatic heterocycles. The number of nitro groups is 1. The van der Waals surface area contributed by atoms with Gasteiger partial charge in [-0.05, 0) is 30.7 Å². The summed E-state index contributed by atoms with van der Waals surface area (Å²) in [6.07, 6.45) is 3.58. The van der Waals surface area contributed by atoms with Crippen LogP contribution in [0.4, 0.5) is 5.69 Å². The first-order chi connectivity index (χ1) is 7.18. The molecule has 0 saturated carbocycles. The molecule has 0 amide bonds. The van der Waals surface area contributed by atoms with Crippen molar-refractivity contribution in [2.45, 2.75) is 6.92 Å². The van der Waals surface area contributed by atoms with Crippen LogP contribution in [0.3, 0.4) is 0 Å². The van der Waals surface area contributed by atoms with Crippen molar-refractivity contribution in [3.63, 3.8) is 0 Å². The normalized spacial score (nSPS) is 10.2. The van der Waals surface area contributed by atoms with Crippen molar-refractivity contribution in [1.29, 1.82) is 0 Å². The minimum atomic E-state index is -0.359. The van der Waals surface area contributed by atoms with Gasteiger partial charge in [-0.1, -0.05) is 6.07 Å². The Morgan fingerprint density at radius 2 is 1.93 bits per heavy atom. The highest BCUT2D eigenvalue weighted by molar-refractivity contribution is 5.54. The van der Waals surface area contributed by atoms with Crippen molar-refractivity contribution in [2.75, 3.05) is 0 Å². The summed E-state index contributed by atoms with van der Waals surface area (Å²) in [6, 6.07) is 8.87. The molecule has 76 valence electrons. The standard InChI is InChI=1S/C11H10N2O2/c1-9-4-5-10(11(8-9)13(14)15)12-6-2-3-7-12/h2-8H,1H3. The van der Waals surface area contributed by atoms with Gasteiger partial charge in [0.15, 0.2) is 0 Å². The van der Waals surface area contributed by atoms with Crippen LogP contribution < -0.4 is 0 Å². The lowest BCUT2D eigenvalue weighted by Gasteiger charge is -2.04. The third kappa shape index (κ3) is 1.74. The van der Waals surface area contributed by atoms with Crippen molar-refractivity contribution in [3.8, 4) is 5.69 Å². The summed E-state index contributed by atoms with van der Waals surface area (Å²) in [4.78, 5) is 10.5. The summed E-state index contributed by atoms with van der Waals surface area (Å²) in [5, 5.41) is 10.9. The van der Waals surface area contributed by atoms with Crippen molar-refractivity contribution in [3.05, 3.63) is 58.4 Å². The van der Waals surface area contributed by atoms with E-state index in [0.29, 0.717) is 5.69 Å². The highest BCUT2D eigenvalue weighted by Gasteiger charge is 2.14. The van der Waals surface area contributed by atoms with Crippen LogP contribution in [0.2, 0.25) is 0 Å². The second-order valence-electron chi connectivity index (χ2n) is 3.34. The molecule has 0 fully saturated rings. The Morgan fingerprint density at radius 1 is 1.27 bits per heavy atom. The maximum Gasteiger partial charge on any atom is 0.293 e. The van der Waals surface area contributed by atoms with Gasteiger partial charge < -0.3 is 4.57 Å². The van der Waals surface area contributed by atoms with Gasteiger partial charge >= 0.3 is 0 Å². The maximum atomic E-state index is 10.9. The average Bonchev–Trinajstić information content (AvgIpc) is 2.70. The van der Waals surface area contributed by atoms with Crippen LogP contribution in [0.5, 0.6) is 0 Å². The summed E-state index contributed by atoms with van der Waals surface area (Å²) >= 11 is 0. The predicted octanol–water partition coefficient (Wildman–Crippen LogP) is 2.69. The van der Waals surface area contributed by atoms with Gasteiger partial charge in [-0.2, -0.15) is 0 Å². The number of aromatic nitrogens is 1. The van der Waals surface area contributed by atoms with E-state index in [9.17, 15) is 10.1 Å². The first-order valence-electron chi connectivity index (χ1n) is 4.57. The predicted molar refractivity (Wildman–Crippen MR) is 57.2 cm³/mol. The minimum Gasteiger partial charge on any atom is -0.318 e.